The Kier molecular flexibility index (Phi) is 5.98. The van der Waals surface area contributed by atoms with Crippen LogP contribution in [0.1, 0.15) is 74.7 Å². The number of rotatable bonds is 6. The summed E-state index contributed by atoms with van der Waals surface area (Å²) in [6, 6.07) is 1.45. The summed E-state index contributed by atoms with van der Waals surface area (Å²) in [7, 11) is 1.35. The van der Waals surface area contributed by atoms with Crippen LogP contribution < -0.4 is 0 Å². The lowest BCUT2D eigenvalue weighted by Gasteiger charge is -2.40. The second-order valence-corrected chi connectivity index (χ2v) is 9.78. The molecule has 1 heteroatoms. The zero-order valence-corrected chi connectivity index (χ0v) is 15.9. The van der Waals surface area contributed by atoms with Gasteiger partial charge in [0.2, 0.25) is 0 Å². The monoisotopic (exact) mass is 256 g/mol. The predicted octanol–water partition coefficient (Wildman–Crippen LogP) is 4.68. The number of hydrogen-bond acceptors (Lipinski definition) is 0. The molecule has 0 aromatic rings. The molecule has 0 rings (SSSR count). The standard InChI is InChI=1S/C16H36Si/c1-13(10-17)9-15(5,6)12-16(7,8)11-14(2,3)4/h13H,9-12H2,1-8,17H3. The van der Waals surface area contributed by atoms with Crippen molar-refractivity contribution < 1.29 is 0 Å². The second kappa shape index (κ2) is 5.91. The van der Waals surface area contributed by atoms with Crippen molar-refractivity contribution in [3.63, 3.8) is 0 Å². The van der Waals surface area contributed by atoms with E-state index in [0.29, 0.717) is 16.2 Å². The van der Waals surface area contributed by atoms with Crippen LogP contribution in [0.5, 0.6) is 0 Å². The van der Waals surface area contributed by atoms with Gasteiger partial charge in [-0.15, -0.1) is 0 Å². The molecule has 0 spiro atoms. The molecule has 0 aliphatic rings. The molecule has 0 amide bonds. The van der Waals surface area contributed by atoms with Gasteiger partial charge in [0.05, 0.1) is 0 Å². The Balaban J connectivity index is 4.47. The van der Waals surface area contributed by atoms with Gasteiger partial charge >= 0.3 is 0 Å². The quantitative estimate of drug-likeness (QED) is 0.606. The van der Waals surface area contributed by atoms with Crippen LogP contribution in [0.3, 0.4) is 0 Å². The molecule has 17 heavy (non-hydrogen) atoms. The van der Waals surface area contributed by atoms with Gasteiger partial charge < -0.3 is 0 Å². The first-order chi connectivity index (χ1) is 7.37. The third kappa shape index (κ3) is 8.88. The average Bonchev–Trinajstić information content (AvgIpc) is 1.94. The van der Waals surface area contributed by atoms with Crippen molar-refractivity contribution in [1.82, 2.24) is 0 Å². The minimum atomic E-state index is 0.447. The fraction of sp³-hybridized carbons (Fsp3) is 1.00. The normalized spacial score (nSPS) is 16.2. The summed E-state index contributed by atoms with van der Waals surface area (Å²) in [5.74, 6) is 0.919. The maximum Gasteiger partial charge on any atom is 0.00313 e. The average molecular weight is 257 g/mol. The fourth-order valence-corrected chi connectivity index (χ4v) is 4.24. The molecule has 0 aliphatic carbocycles. The van der Waals surface area contributed by atoms with Gasteiger partial charge in [-0.2, -0.15) is 0 Å². The Morgan fingerprint density at radius 1 is 0.824 bits per heavy atom. The molecule has 0 N–H and O–H groups in total. The largest absolute Gasteiger partial charge is 0.0633 e. The van der Waals surface area contributed by atoms with Crippen molar-refractivity contribution >= 4 is 10.2 Å². The molecule has 0 saturated heterocycles. The maximum absolute atomic E-state index is 2.46. The van der Waals surface area contributed by atoms with Crippen molar-refractivity contribution in [3.05, 3.63) is 0 Å². The summed E-state index contributed by atoms with van der Waals surface area (Å²) in [6.07, 6.45) is 4.06. The van der Waals surface area contributed by atoms with Crippen molar-refractivity contribution in [1.29, 1.82) is 0 Å². The molecular formula is C16H36Si. The first-order valence-electron chi connectivity index (χ1n) is 7.37. The lowest BCUT2D eigenvalue weighted by atomic mass is 9.66. The Hall–Kier alpha value is 0.217. The Morgan fingerprint density at radius 3 is 1.65 bits per heavy atom. The molecule has 0 fully saturated rings. The zero-order valence-electron chi connectivity index (χ0n) is 13.9. The van der Waals surface area contributed by atoms with E-state index < -0.39 is 0 Å². The van der Waals surface area contributed by atoms with Crippen molar-refractivity contribution in [2.75, 3.05) is 0 Å². The van der Waals surface area contributed by atoms with Gasteiger partial charge in [0, 0.05) is 10.2 Å². The summed E-state index contributed by atoms with van der Waals surface area (Å²) >= 11 is 0. The van der Waals surface area contributed by atoms with E-state index >= 15 is 0 Å². The molecule has 104 valence electrons. The van der Waals surface area contributed by atoms with Crippen LogP contribution in [0.15, 0.2) is 0 Å². The Labute approximate surface area is 113 Å². The Bertz CT molecular complexity index is 220. The second-order valence-electron chi connectivity index (χ2n) is 8.96. The van der Waals surface area contributed by atoms with Crippen molar-refractivity contribution in [2.45, 2.75) is 80.7 Å². The highest BCUT2D eigenvalue weighted by atomic mass is 28.1. The van der Waals surface area contributed by atoms with Crippen molar-refractivity contribution in [3.8, 4) is 0 Å². The fourth-order valence-electron chi connectivity index (χ4n) is 3.95. The van der Waals surface area contributed by atoms with Crippen LogP contribution >= 0.6 is 0 Å². The third-order valence-corrected chi connectivity index (χ3v) is 4.96. The molecule has 0 heterocycles. The summed E-state index contributed by atoms with van der Waals surface area (Å²) in [5, 5.41) is 0. The van der Waals surface area contributed by atoms with E-state index in [0.717, 1.165) is 5.92 Å². The van der Waals surface area contributed by atoms with Gasteiger partial charge in [0.1, 0.15) is 0 Å². The van der Waals surface area contributed by atoms with E-state index in [1.54, 1.807) is 0 Å². The molecule has 0 aliphatic heterocycles. The summed E-state index contributed by atoms with van der Waals surface area (Å²) in [6.45, 7) is 19.3. The minimum absolute atomic E-state index is 0.447. The lowest BCUT2D eigenvalue weighted by molar-refractivity contribution is 0.118. The van der Waals surface area contributed by atoms with E-state index in [-0.39, 0.29) is 0 Å². The smallest absolute Gasteiger partial charge is 0.00313 e. The Morgan fingerprint density at radius 2 is 1.29 bits per heavy atom. The van der Waals surface area contributed by atoms with E-state index in [1.807, 2.05) is 0 Å². The van der Waals surface area contributed by atoms with E-state index in [2.05, 4.69) is 55.4 Å². The molecule has 0 nitrogen and oxygen atoms in total. The molecule has 0 saturated carbocycles. The lowest BCUT2D eigenvalue weighted by Crippen LogP contribution is -2.28. The molecule has 0 aromatic heterocycles. The summed E-state index contributed by atoms with van der Waals surface area (Å²) < 4.78 is 0. The molecular weight excluding hydrogens is 220 g/mol. The summed E-state index contributed by atoms with van der Waals surface area (Å²) in [5.41, 5.74) is 1.41. The first kappa shape index (κ1) is 17.2. The molecule has 0 bridgehead atoms. The van der Waals surface area contributed by atoms with Gasteiger partial charge in [0.25, 0.3) is 0 Å². The highest BCUT2D eigenvalue weighted by molar-refractivity contribution is 6.08. The van der Waals surface area contributed by atoms with Crippen LogP contribution in [0.4, 0.5) is 0 Å². The zero-order chi connectivity index (χ0) is 13.9. The van der Waals surface area contributed by atoms with Gasteiger partial charge in [-0.05, 0) is 41.4 Å². The van der Waals surface area contributed by atoms with Crippen LogP contribution in [-0.4, -0.2) is 10.2 Å². The third-order valence-electron chi connectivity index (χ3n) is 3.56. The molecule has 1 unspecified atom stereocenters. The SMILES string of the molecule is CC(C[SiH3])CC(C)(C)CC(C)(C)CC(C)(C)C. The van der Waals surface area contributed by atoms with Crippen LogP contribution in [0, 0.1) is 22.2 Å². The van der Waals surface area contributed by atoms with E-state index in [9.17, 15) is 0 Å². The van der Waals surface area contributed by atoms with Crippen LogP contribution in [0.2, 0.25) is 6.04 Å². The predicted molar refractivity (Wildman–Crippen MR) is 84.8 cm³/mol. The number of hydrogen-bond donors (Lipinski definition) is 0. The minimum Gasteiger partial charge on any atom is -0.0633 e. The highest BCUT2D eigenvalue weighted by Crippen LogP contribution is 2.44. The molecule has 0 radical (unpaired) electrons. The maximum atomic E-state index is 2.46. The van der Waals surface area contributed by atoms with Crippen LogP contribution in [0.25, 0.3) is 0 Å². The molecule has 1 atom stereocenters. The van der Waals surface area contributed by atoms with Gasteiger partial charge in [-0.1, -0.05) is 61.4 Å². The molecule has 0 aromatic carbocycles. The first-order valence-corrected chi connectivity index (χ1v) is 8.78. The van der Waals surface area contributed by atoms with Crippen molar-refractivity contribution in [2.24, 2.45) is 22.2 Å². The topological polar surface area (TPSA) is 0 Å². The van der Waals surface area contributed by atoms with Gasteiger partial charge in [-0.25, -0.2) is 0 Å². The van der Waals surface area contributed by atoms with E-state index in [1.165, 1.54) is 35.5 Å². The highest BCUT2D eigenvalue weighted by Gasteiger charge is 2.32. The van der Waals surface area contributed by atoms with Gasteiger partial charge in [-0.3, -0.25) is 0 Å². The van der Waals surface area contributed by atoms with Gasteiger partial charge in [0.15, 0.2) is 0 Å². The van der Waals surface area contributed by atoms with Crippen LogP contribution in [-0.2, 0) is 0 Å². The summed E-state index contributed by atoms with van der Waals surface area (Å²) in [4.78, 5) is 0. The van der Waals surface area contributed by atoms with E-state index in [4.69, 9.17) is 0 Å².